The maximum absolute atomic E-state index is 11.2. The number of rotatable bonds is 66. The molecular weight excluding hydrogens is 1300 g/mol. The molecule has 15 heteroatoms. The van der Waals surface area contributed by atoms with Crippen LogP contribution >= 0.6 is 0 Å². The molecule has 0 spiro atoms. The van der Waals surface area contributed by atoms with Crippen LogP contribution in [0.3, 0.4) is 0 Å². The highest BCUT2D eigenvalue weighted by Gasteiger charge is 2.23. The van der Waals surface area contributed by atoms with Gasteiger partial charge in [-0.2, -0.15) is 0 Å². The standard InChI is InChI=1S/3C25H54N.C10H8O9S3/c3*1-5-8-11-14-17-20-23-26(4,24-21-18-15-12-9-6-2)25-22-19-16-13-10-7-3;11-20(12,13)7-1-2-9-6(3-7)4-8(21(14,15)16)5-10(9)22(17,18)19/h3*5-25H2,1-4H3;1-5H,(H,11,12,13)(H,14,15,16)(H,17,18,19)/q3*+1;/p-3. The molecule has 0 heterocycles. The highest BCUT2D eigenvalue weighted by Crippen LogP contribution is 2.30. The molecule has 0 saturated heterocycles. The van der Waals surface area contributed by atoms with E-state index in [4.69, 9.17) is 0 Å². The van der Waals surface area contributed by atoms with Gasteiger partial charge >= 0.3 is 0 Å². The lowest BCUT2D eigenvalue weighted by atomic mass is 10.1. The summed E-state index contributed by atoms with van der Waals surface area (Å²) in [7, 11) is -7.46. The highest BCUT2D eigenvalue weighted by atomic mass is 32.2. The van der Waals surface area contributed by atoms with Crippen LogP contribution in [0.4, 0.5) is 0 Å². The molecule has 2 rings (SSSR count). The third kappa shape index (κ3) is 58.5. The van der Waals surface area contributed by atoms with Gasteiger partial charge in [0.05, 0.1) is 94.7 Å². The van der Waals surface area contributed by atoms with E-state index in [9.17, 15) is 38.9 Å². The number of hydrogen-bond acceptors (Lipinski definition) is 9. The molecule has 0 aliphatic heterocycles. The van der Waals surface area contributed by atoms with Crippen molar-refractivity contribution in [2.45, 2.75) is 424 Å². The average Bonchev–Trinajstić information content (AvgIpc) is 0.765. The van der Waals surface area contributed by atoms with Gasteiger partial charge in [-0.1, -0.05) is 300 Å². The van der Waals surface area contributed by atoms with E-state index < -0.39 is 45.0 Å². The highest BCUT2D eigenvalue weighted by molar-refractivity contribution is 7.87. The largest absolute Gasteiger partial charge is 0.744 e. The van der Waals surface area contributed by atoms with Crippen molar-refractivity contribution >= 4 is 41.1 Å². The first kappa shape index (κ1) is 100. The zero-order chi connectivity index (χ0) is 75.0. The minimum absolute atomic E-state index is 0.310. The lowest BCUT2D eigenvalue weighted by Gasteiger charge is -2.35. The van der Waals surface area contributed by atoms with Crippen LogP contribution < -0.4 is 0 Å². The van der Waals surface area contributed by atoms with E-state index in [-0.39, 0.29) is 10.8 Å². The lowest BCUT2D eigenvalue weighted by Crippen LogP contribution is -2.46. The molecule has 0 radical (unpaired) electrons. The Morgan fingerprint density at radius 1 is 0.230 bits per heavy atom. The van der Waals surface area contributed by atoms with Crippen LogP contribution in [0, 0.1) is 0 Å². The summed E-state index contributed by atoms with van der Waals surface area (Å²) < 4.78 is 103. The second kappa shape index (κ2) is 65.6. The summed E-state index contributed by atoms with van der Waals surface area (Å²) in [6, 6.07) is 3.39. The van der Waals surface area contributed by atoms with E-state index in [1.54, 1.807) is 0 Å². The fraction of sp³-hybridized carbons (Fsp3) is 0.882. The quantitative estimate of drug-likeness (QED) is 0.0355. The Morgan fingerprint density at radius 2 is 0.400 bits per heavy atom. The number of unbranched alkanes of at least 4 members (excludes halogenated alkanes) is 45. The molecule has 0 atom stereocenters. The molecule has 0 amide bonds. The van der Waals surface area contributed by atoms with Crippen LogP contribution in [0.5, 0.6) is 0 Å². The van der Waals surface area contributed by atoms with E-state index in [0.29, 0.717) is 18.2 Å². The molecule has 2 aromatic carbocycles. The molecule has 0 unspecified atom stereocenters. The summed E-state index contributed by atoms with van der Waals surface area (Å²) in [5.74, 6) is 0. The molecule has 0 aliphatic carbocycles. The first-order chi connectivity index (χ1) is 47.8. The summed E-state index contributed by atoms with van der Waals surface area (Å²) in [5, 5.41) is -0.668. The van der Waals surface area contributed by atoms with Gasteiger partial charge in [-0.15, -0.1) is 0 Å². The van der Waals surface area contributed by atoms with Gasteiger partial charge < -0.3 is 27.1 Å². The van der Waals surface area contributed by atoms with Crippen LogP contribution in [0.1, 0.15) is 409 Å². The van der Waals surface area contributed by atoms with E-state index in [0.717, 1.165) is 12.1 Å². The summed E-state index contributed by atoms with van der Waals surface area (Å²) >= 11 is 0. The SMILES string of the molecule is CCCCCCCC[N+](C)(CCCCCCCC)CCCCCCCC.CCCCCCCC[N+](C)(CCCCCCCC)CCCCCCCC.CCCCCCCC[N+](C)(CCCCCCCC)CCCCCCCC.O=S(=O)([O-])c1ccc2c(S(=O)(=O)[O-])cc(S(=O)(=O)[O-])cc2c1. The number of quaternary nitrogens is 3. The van der Waals surface area contributed by atoms with Crippen molar-refractivity contribution in [3.8, 4) is 0 Å². The minimum atomic E-state index is -5.14. The van der Waals surface area contributed by atoms with Gasteiger partial charge in [0.1, 0.15) is 30.4 Å². The summed E-state index contributed by atoms with van der Waals surface area (Å²) in [6.45, 7) is 33.7. The van der Waals surface area contributed by atoms with E-state index in [1.165, 1.54) is 419 Å². The Kier molecular flexibility index (Phi) is 65.8. The molecule has 2 aromatic rings. The predicted octanol–water partition coefficient (Wildman–Crippen LogP) is 25.1. The normalized spacial score (nSPS) is 12.3. The summed E-state index contributed by atoms with van der Waals surface area (Å²) in [4.78, 5) is -2.81. The summed E-state index contributed by atoms with van der Waals surface area (Å²) in [6.07, 6.45) is 77.6. The predicted molar refractivity (Wildman–Crippen MR) is 431 cm³/mol. The molecule has 0 N–H and O–H groups in total. The fourth-order valence-corrected chi connectivity index (χ4v) is 16.1. The van der Waals surface area contributed by atoms with Gasteiger partial charge in [-0.05, 0) is 151 Å². The Morgan fingerprint density at radius 3 is 0.570 bits per heavy atom. The second-order valence-corrected chi connectivity index (χ2v) is 35.6. The third-order valence-corrected chi connectivity index (χ3v) is 23.7. The van der Waals surface area contributed by atoms with Crippen LogP contribution in [-0.4, -0.2) is 132 Å². The zero-order valence-corrected chi connectivity index (χ0v) is 70.6. The second-order valence-electron chi connectivity index (χ2n) is 31.4. The number of hydrogen-bond donors (Lipinski definition) is 0. The first-order valence-electron chi connectivity index (χ1n) is 42.8. The van der Waals surface area contributed by atoms with Crippen molar-refractivity contribution in [3.63, 3.8) is 0 Å². The Bertz CT molecular complexity index is 2240. The molecule has 0 bridgehead atoms. The number of fused-ring (bicyclic) bond motifs is 1. The molecule has 0 aromatic heterocycles. The summed E-state index contributed by atoms with van der Waals surface area (Å²) in [5.41, 5.74) is 0. The number of nitrogens with zero attached hydrogens (tertiary/aromatic N) is 3. The number of benzene rings is 2. The van der Waals surface area contributed by atoms with Gasteiger partial charge in [0.25, 0.3) is 0 Å². The van der Waals surface area contributed by atoms with Crippen molar-refractivity contribution in [1.82, 2.24) is 0 Å². The van der Waals surface area contributed by atoms with Crippen LogP contribution in [0.2, 0.25) is 0 Å². The van der Waals surface area contributed by atoms with Crippen molar-refractivity contribution in [2.75, 3.05) is 80.0 Å². The first-order valence-corrected chi connectivity index (χ1v) is 47.0. The van der Waals surface area contributed by atoms with E-state index in [1.807, 2.05) is 0 Å². The maximum Gasteiger partial charge on any atom is 0.125 e. The van der Waals surface area contributed by atoms with Gasteiger partial charge in [-0.3, -0.25) is 0 Å². The smallest absolute Gasteiger partial charge is 0.125 e. The van der Waals surface area contributed by atoms with Crippen molar-refractivity contribution in [3.05, 3.63) is 30.3 Å². The Hall–Kier alpha value is -1.69. The van der Waals surface area contributed by atoms with Gasteiger partial charge in [0, 0.05) is 0 Å². The fourth-order valence-electron chi connectivity index (χ4n) is 14.3. The third-order valence-electron chi connectivity index (χ3n) is 21.2. The molecule has 594 valence electrons. The molecule has 12 nitrogen and oxygen atoms in total. The molecular formula is C85H167N3O9S3. The molecule has 0 fully saturated rings. The Labute approximate surface area is 623 Å². The van der Waals surface area contributed by atoms with Gasteiger partial charge in [-0.25, -0.2) is 25.3 Å². The van der Waals surface area contributed by atoms with Gasteiger partial charge in [0.15, 0.2) is 0 Å². The van der Waals surface area contributed by atoms with E-state index >= 15 is 0 Å². The van der Waals surface area contributed by atoms with Crippen LogP contribution in [0.25, 0.3) is 10.8 Å². The topological polar surface area (TPSA) is 172 Å². The zero-order valence-electron chi connectivity index (χ0n) is 68.2. The lowest BCUT2D eigenvalue weighted by molar-refractivity contribution is -0.910. The van der Waals surface area contributed by atoms with Crippen molar-refractivity contribution in [2.24, 2.45) is 0 Å². The van der Waals surface area contributed by atoms with E-state index in [2.05, 4.69) is 83.5 Å². The average molecular weight is 1470 g/mol. The van der Waals surface area contributed by atoms with Crippen molar-refractivity contribution in [1.29, 1.82) is 0 Å². The maximum atomic E-state index is 11.2. The molecule has 0 saturated carbocycles. The van der Waals surface area contributed by atoms with Crippen LogP contribution in [0.15, 0.2) is 45.0 Å². The molecule has 0 aliphatic rings. The Balaban J connectivity index is 0. The minimum Gasteiger partial charge on any atom is -0.744 e. The van der Waals surface area contributed by atoms with Gasteiger partial charge in [0.2, 0.25) is 0 Å². The van der Waals surface area contributed by atoms with Crippen molar-refractivity contribution < 1.29 is 52.4 Å². The molecule has 100 heavy (non-hydrogen) atoms. The van der Waals surface area contributed by atoms with Crippen LogP contribution in [-0.2, 0) is 30.4 Å². The monoisotopic (exact) mass is 1470 g/mol.